The van der Waals surface area contributed by atoms with E-state index in [1.165, 1.54) is 48.8 Å². The SMILES string of the molecule is CCCCCCC1c2ccccc2-c2cc3c(cc21)C([Si](C)(C)NC(C)(C)C)C(C)=C3. The van der Waals surface area contributed by atoms with Gasteiger partial charge < -0.3 is 4.98 Å². The van der Waals surface area contributed by atoms with Crippen molar-refractivity contribution in [1.29, 1.82) is 0 Å². The Hall–Kier alpha value is -1.64. The topological polar surface area (TPSA) is 12.0 Å². The third-order valence-electron chi connectivity index (χ3n) is 7.17. The molecule has 31 heavy (non-hydrogen) atoms. The summed E-state index contributed by atoms with van der Waals surface area (Å²) in [4.78, 5) is 4.05. The third-order valence-corrected chi connectivity index (χ3v) is 10.8. The van der Waals surface area contributed by atoms with Gasteiger partial charge in [0.25, 0.3) is 0 Å². The van der Waals surface area contributed by atoms with Gasteiger partial charge in [-0.3, -0.25) is 0 Å². The molecule has 0 saturated heterocycles. The van der Waals surface area contributed by atoms with Crippen molar-refractivity contribution < 1.29 is 0 Å². The summed E-state index contributed by atoms with van der Waals surface area (Å²) in [6.07, 6.45) is 9.09. The van der Waals surface area contributed by atoms with E-state index in [2.05, 4.69) is 95.2 Å². The average molecular weight is 432 g/mol. The summed E-state index contributed by atoms with van der Waals surface area (Å²) in [5, 5.41) is 0. The highest BCUT2D eigenvalue weighted by molar-refractivity contribution is 6.77. The maximum Gasteiger partial charge on any atom is 0.131 e. The highest BCUT2D eigenvalue weighted by Crippen LogP contribution is 2.51. The highest BCUT2D eigenvalue weighted by Gasteiger charge is 2.41. The molecule has 2 heteroatoms. The first-order chi connectivity index (χ1) is 14.6. The zero-order chi connectivity index (χ0) is 22.4. The Balaban J connectivity index is 1.74. The normalized spacial score (nSPS) is 19.8. The zero-order valence-electron chi connectivity index (χ0n) is 20.7. The lowest BCUT2D eigenvalue weighted by Gasteiger charge is -2.39. The Morgan fingerprint density at radius 3 is 2.35 bits per heavy atom. The van der Waals surface area contributed by atoms with Crippen LogP contribution in [0.25, 0.3) is 17.2 Å². The molecular formula is C29H41NSi. The van der Waals surface area contributed by atoms with E-state index < -0.39 is 8.24 Å². The first-order valence-corrected chi connectivity index (χ1v) is 15.4. The van der Waals surface area contributed by atoms with Gasteiger partial charge in [0.05, 0.1) is 0 Å². The molecule has 166 valence electrons. The standard InChI is InChI=1S/C29H41NSi/c1-8-9-10-11-14-24-22-15-12-13-16-23(22)26-18-21-17-20(2)28(25(21)19-27(24)26)31(6,7)30-29(3,4)5/h12-13,15-19,24,28,30H,8-11,14H2,1-7H3. The fraction of sp³-hybridized carbons (Fsp3) is 0.517. The predicted octanol–water partition coefficient (Wildman–Crippen LogP) is 8.40. The minimum absolute atomic E-state index is 0.146. The minimum Gasteiger partial charge on any atom is -0.332 e. The largest absolute Gasteiger partial charge is 0.332 e. The second-order valence-electron chi connectivity index (χ2n) is 11.5. The number of hydrogen-bond acceptors (Lipinski definition) is 1. The van der Waals surface area contributed by atoms with Crippen LogP contribution in [0.15, 0.2) is 42.0 Å². The molecule has 4 rings (SSSR count). The van der Waals surface area contributed by atoms with E-state index in [0.717, 1.165) is 0 Å². The van der Waals surface area contributed by atoms with E-state index in [-0.39, 0.29) is 5.54 Å². The molecule has 0 radical (unpaired) electrons. The smallest absolute Gasteiger partial charge is 0.131 e. The average Bonchev–Trinajstić information content (AvgIpc) is 3.15. The van der Waals surface area contributed by atoms with Crippen LogP contribution in [-0.4, -0.2) is 13.8 Å². The molecule has 2 aliphatic carbocycles. The van der Waals surface area contributed by atoms with Crippen LogP contribution in [0.5, 0.6) is 0 Å². The Labute approximate surface area is 191 Å². The summed E-state index contributed by atoms with van der Waals surface area (Å²) in [6, 6.07) is 14.3. The Kier molecular flexibility index (Phi) is 6.09. The summed E-state index contributed by atoms with van der Waals surface area (Å²) in [5.41, 5.74) is 11.4. The summed E-state index contributed by atoms with van der Waals surface area (Å²) < 4.78 is 0. The van der Waals surface area contributed by atoms with Crippen LogP contribution in [0.1, 0.15) is 100 Å². The predicted molar refractivity (Wildman–Crippen MR) is 139 cm³/mol. The van der Waals surface area contributed by atoms with Gasteiger partial charge in [0.15, 0.2) is 0 Å². The van der Waals surface area contributed by atoms with Crippen molar-refractivity contribution in [3.63, 3.8) is 0 Å². The summed E-state index contributed by atoms with van der Waals surface area (Å²) in [5.74, 6) is 0.565. The molecule has 2 aromatic carbocycles. The molecule has 0 spiro atoms. The molecule has 2 unspecified atom stereocenters. The Morgan fingerprint density at radius 1 is 0.903 bits per heavy atom. The van der Waals surface area contributed by atoms with Gasteiger partial charge in [-0.1, -0.05) is 87.7 Å². The molecule has 2 atom stereocenters. The van der Waals surface area contributed by atoms with Crippen molar-refractivity contribution in [3.05, 3.63) is 64.2 Å². The highest BCUT2D eigenvalue weighted by atomic mass is 28.3. The van der Waals surface area contributed by atoms with E-state index in [9.17, 15) is 0 Å². The quantitative estimate of drug-likeness (QED) is 0.343. The van der Waals surface area contributed by atoms with E-state index in [0.29, 0.717) is 11.5 Å². The minimum atomic E-state index is -1.71. The lowest BCUT2D eigenvalue weighted by Crippen LogP contribution is -2.58. The molecule has 1 nitrogen and oxygen atoms in total. The number of nitrogens with one attached hydrogen (secondary N) is 1. The van der Waals surface area contributed by atoms with Gasteiger partial charge in [0.1, 0.15) is 8.24 Å². The van der Waals surface area contributed by atoms with Crippen molar-refractivity contribution in [1.82, 2.24) is 4.98 Å². The van der Waals surface area contributed by atoms with Gasteiger partial charge in [0.2, 0.25) is 0 Å². The first-order valence-electron chi connectivity index (χ1n) is 12.4. The molecule has 0 heterocycles. The van der Waals surface area contributed by atoms with E-state index in [1.54, 1.807) is 22.3 Å². The van der Waals surface area contributed by atoms with E-state index in [1.807, 2.05) is 0 Å². The molecular weight excluding hydrogens is 390 g/mol. The van der Waals surface area contributed by atoms with Crippen LogP contribution in [0.3, 0.4) is 0 Å². The fourth-order valence-corrected chi connectivity index (χ4v) is 10.7. The number of unbranched alkanes of at least 4 members (excludes halogenated alkanes) is 3. The maximum absolute atomic E-state index is 4.05. The maximum atomic E-state index is 4.05. The second kappa shape index (κ2) is 8.37. The van der Waals surface area contributed by atoms with Gasteiger partial charge in [-0.15, -0.1) is 0 Å². The summed E-state index contributed by atoms with van der Waals surface area (Å²) in [7, 11) is -1.71. The van der Waals surface area contributed by atoms with Crippen LogP contribution in [0, 0.1) is 0 Å². The van der Waals surface area contributed by atoms with Crippen LogP contribution in [0.2, 0.25) is 13.1 Å². The molecule has 0 aromatic heterocycles. The zero-order valence-corrected chi connectivity index (χ0v) is 21.7. The Morgan fingerprint density at radius 2 is 1.65 bits per heavy atom. The van der Waals surface area contributed by atoms with E-state index >= 15 is 0 Å². The molecule has 0 fully saturated rings. The Bertz CT molecular complexity index is 992. The van der Waals surface area contributed by atoms with Gasteiger partial charge in [-0.05, 0) is 73.6 Å². The van der Waals surface area contributed by atoms with Crippen LogP contribution < -0.4 is 4.98 Å². The van der Waals surface area contributed by atoms with Gasteiger partial charge in [-0.2, -0.15) is 0 Å². The second-order valence-corrected chi connectivity index (χ2v) is 15.7. The fourth-order valence-electron chi connectivity index (χ4n) is 6.42. The van der Waals surface area contributed by atoms with Gasteiger partial charge in [0, 0.05) is 17.0 Å². The first kappa shape index (κ1) is 22.5. The van der Waals surface area contributed by atoms with Crippen molar-refractivity contribution >= 4 is 14.3 Å². The van der Waals surface area contributed by atoms with Crippen molar-refractivity contribution in [3.8, 4) is 11.1 Å². The molecule has 0 bridgehead atoms. The van der Waals surface area contributed by atoms with Crippen molar-refractivity contribution in [2.24, 2.45) is 0 Å². The summed E-state index contributed by atoms with van der Waals surface area (Å²) >= 11 is 0. The molecule has 2 aliphatic rings. The molecule has 1 N–H and O–H groups in total. The van der Waals surface area contributed by atoms with Crippen molar-refractivity contribution in [2.45, 2.75) is 96.8 Å². The monoisotopic (exact) mass is 431 g/mol. The lowest BCUT2D eigenvalue weighted by atomic mass is 9.89. The third kappa shape index (κ3) is 4.34. The van der Waals surface area contributed by atoms with Crippen LogP contribution in [-0.2, 0) is 0 Å². The molecule has 0 amide bonds. The number of hydrogen-bond donors (Lipinski definition) is 1. The number of benzene rings is 2. The lowest BCUT2D eigenvalue weighted by molar-refractivity contribution is 0.508. The number of allylic oxidation sites excluding steroid dienone is 1. The molecule has 2 aromatic rings. The number of rotatable bonds is 7. The molecule has 0 aliphatic heterocycles. The van der Waals surface area contributed by atoms with E-state index in [4.69, 9.17) is 0 Å². The summed E-state index contributed by atoms with van der Waals surface area (Å²) in [6.45, 7) is 16.6. The van der Waals surface area contributed by atoms with Crippen LogP contribution in [0.4, 0.5) is 0 Å². The van der Waals surface area contributed by atoms with Gasteiger partial charge in [-0.25, -0.2) is 0 Å². The van der Waals surface area contributed by atoms with Crippen LogP contribution >= 0.6 is 0 Å². The van der Waals surface area contributed by atoms with Crippen molar-refractivity contribution in [2.75, 3.05) is 0 Å². The number of fused-ring (bicyclic) bond motifs is 4. The molecule has 0 saturated carbocycles. The van der Waals surface area contributed by atoms with Gasteiger partial charge >= 0.3 is 0 Å².